The number of fused-ring (bicyclic) bond motifs is 1. The second-order valence-corrected chi connectivity index (χ2v) is 5.73. The van der Waals surface area contributed by atoms with Gasteiger partial charge >= 0.3 is 0 Å². The van der Waals surface area contributed by atoms with Gasteiger partial charge in [-0.25, -0.2) is 0 Å². The molecule has 134 valence electrons. The molecule has 0 aliphatic carbocycles. The van der Waals surface area contributed by atoms with E-state index < -0.39 is 17.7 Å². The molecule has 0 bridgehead atoms. The predicted octanol–water partition coefficient (Wildman–Crippen LogP) is 1.04. The van der Waals surface area contributed by atoms with Crippen molar-refractivity contribution in [3.63, 3.8) is 0 Å². The normalized spacial score (nSPS) is 13.0. The molecule has 1 N–H and O–H groups in total. The number of pyridine rings is 1. The number of aromatic nitrogens is 3. The monoisotopic (exact) mass is 363 g/mol. The molecule has 0 spiro atoms. The van der Waals surface area contributed by atoms with E-state index in [4.69, 9.17) is 4.42 Å². The molecule has 9 nitrogen and oxygen atoms in total. The minimum Gasteiger partial charge on any atom is -0.417 e. The third kappa shape index (κ3) is 3.17. The Hall–Kier alpha value is -3.88. The average Bonchev–Trinajstić information content (AvgIpc) is 3.27. The number of hydrogen-bond donors (Lipinski definition) is 1. The van der Waals surface area contributed by atoms with Crippen LogP contribution in [0.4, 0.5) is 0 Å². The molecule has 0 atom stereocenters. The second-order valence-electron chi connectivity index (χ2n) is 5.73. The van der Waals surface area contributed by atoms with E-state index in [1.54, 1.807) is 48.7 Å². The highest BCUT2D eigenvalue weighted by atomic mass is 16.4. The van der Waals surface area contributed by atoms with E-state index in [1.807, 2.05) is 0 Å². The maximum absolute atomic E-state index is 12.3. The van der Waals surface area contributed by atoms with Crippen LogP contribution in [-0.4, -0.2) is 44.3 Å². The third-order valence-corrected chi connectivity index (χ3v) is 3.97. The fourth-order valence-electron chi connectivity index (χ4n) is 2.67. The van der Waals surface area contributed by atoms with Crippen molar-refractivity contribution in [1.82, 2.24) is 25.4 Å². The molecule has 4 rings (SSSR count). The van der Waals surface area contributed by atoms with Crippen LogP contribution in [0.1, 0.15) is 26.6 Å². The van der Waals surface area contributed by atoms with Gasteiger partial charge in [0.2, 0.25) is 11.8 Å². The quantitative estimate of drug-likeness (QED) is 0.673. The lowest BCUT2D eigenvalue weighted by atomic mass is 10.1. The van der Waals surface area contributed by atoms with E-state index in [9.17, 15) is 14.4 Å². The number of nitrogens with one attached hydrogen (secondary N) is 1. The number of carbonyl (C=O) groups excluding carboxylic acids is 3. The molecule has 27 heavy (non-hydrogen) atoms. The van der Waals surface area contributed by atoms with Crippen molar-refractivity contribution < 1.29 is 18.8 Å². The lowest BCUT2D eigenvalue weighted by Gasteiger charge is -2.12. The van der Waals surface area contributed by atoms with Crippen LogP contribution >= 0.6 is 0 Å². The molecule has 9 heteroatoms. The van der Waals surface area contributed by atoms with Crippen LogP contribution in [0.2, 0.25) is 0 Å². The molecular weight excluding hydrogens is 350 g/mol. The largest absolute Gasteiger partial charge is 0.417 e. The van der Waals surface area contributed by atoms with Crippen molar-refractivity contribution in [2.75, 3.05) is 6.54 Å². The summed E-state index contributed by atoms with van der Waals surface area (Å²) in [6.07, 6.45) is 1.60. The summed E-state index contributed by atoms with van der Waals surface area (Å²) in [6.45, 7) is -0.407. The summed E-state index contributed by atoms with van der Waals surface area (Å²) >= 11 is 0. The summed E-state index contributed by atoms with van der Waals surface area (Å²) in [5, 5.41) is 10.3. The summed E-state index contributed by atoms with van der Waals surface area (Å²) < 4.78 is 5.44. The molecule has 1 aliphatic heterocycles. The molecule has 3 heterocycles. The molecule has 0 saturated carbocycles. The molecular formula is C18H13N5O4. The fraction of sp³-hybridized carbons (Fsp3) is 0.111. The van der Waals surface area contributed by atoms with E-state index in [0.717, 1.165) is 4.90 Å². The zero-order chi connectivity index (χ0) is 18.8. The molecule has 0 saturated heterocycles. The van der Waals surface area contributed by atoms with Gasteiger partial charge in [0.1, 0.15) is 12.2 Å². The van der Waals surface area contributed by atoms with E-state index in [2.05, 4.69) is 20.5 Å². The Labute approximate surface area is 153 Å². The summed E-state index contributed by atoms with van der Waals surface area (Å²) in [5.74, 6) is -1.06. The van der Waals surface area contributed by atoms with Crippen molar-refractivity contribution >= 4 is 17.7 Å². The molecule has 3 amide bonds. The summed E-state index contributed by atoms with van der Waals surface area (Å²) in [6, 6.07) is 11.7. The Kier molecular flexibility index (Phi) is 4.17. The zero-order valence-electron chi connectivity index (χ0n) is 14.0. The SMILES string of the molecule is O=C(CN1C(=O)c2ccccc2C1=O)NCc1nnc(-c2ccccn2)o1. The lowest BCUT2D eigenvalue weighted by Crippen LogP contribution is -2.40. The van der Waals surface area contributed by atoms with E-state index in [0.29, 0.717) is 16.8 Å². The van der Waals surface area contributed by atoms with Crippen molar-refractivity contribution in [3.05, 3.63) is 65.7 Å². The second kappa shape index (κ2) is 6.79. The van der Waals surface area contributed by atoms with Gasteiger partial charge in [0.25, 0.3) is 17.7 Å². The van der Waals surface area contributed by atoms with Crippen LogP contribution in [0.5, 0.6) is 0 Å². The first-order valence-corrected chi connectivity index (χ1v) is 8.09. The van der Waals surface area contributed by atoms with Gasteiger partial charge in [-0.2, -0.15) is 0 Å². The fourth-order valence-corrected chi connectivity index (χ4v) is 2.67. The number of amides is 3. The molecule has 2 aromatic heterocycles. The van der Waals surface area contributed by atoms with Crippen molar-refractivity contribution in [3.8, 4) is 11.6 Å². The van der Waals surface area contributed by atoms with E-state index in [-0.39, 0.29) is 24.9 Å². The standard InChI is InChI=1S/C18H13N5O4/c24-14(10-23-17(25)11-5-1-2-6-12(11)18(23)26)20-9-15-21-22-16(27-15)13-7-3-4-8-19-13/h1-8H,9-10H2,(H,20,24). The van der Waals surface area contributed by atoms with Crippen LogP contribution in [-0.2, 0) is 11.3 Å². The van der Waals surface area contributed by atoms with Gasteiger partial charge in [-0.3, -0.25) is 24.3 Å². The minimum atomic E-state index is -0.512. The lowest BCUT2D eigenvalue weighted by molar-refractivity contribution is -0.121. The summed E-state index contributed by atoms with van der Waals surface area (Å²) in [4.78, 5) is 41.6. The Morgan fingerprint density at radius 1 is 1.00 bits per heavy atom. The Bertz CT molecular complexity index is 996. The van der Waals surface area contributed by atoms with Crippen molar-refractivity contribution in [2.45, 2.75) is 6.54 Å². The van der Waals surface area contributed by atoms with Crippen LogP contribution < -0.4 is 5.32 Å². The Morgan fingerprint density at radius 2 is 1.70 bits per heavy atom. The first kappa shape index (κ1) is 16.6. The zero-order valence-corrected chi connectivity index (χ0v) is 14.0. The molecule has 0 radical (unpaired) electrons. The van der Waals surface area contributed by atoms with Crippen molar-refractivity contribution in [1.29, 1.82) is 0 Å². The van der Waals surface area contributed by atoms with E-state index >= 15 is 0 Å². The van der Waals surface area contributed by atoms with Crippen LogP contribution in [0, 0.1) is 0 Å². The highest BCUT2D eigenvalue weighted by Crippen LogP contribution is 2.22. The number of hydrogen-bond acceptors (Lipinski definition) is 7. The summed E-state index contributed by atoms with van der Waals surface area (Å²) in [5.41, 5.74) is 1.12. The molecule has 0 fully saturated rings. The molecule has 1 aliphatic rings. The number of carbonyl (C=O) groups is 3. The predicted molar refractivity (Wildman–Crippen MR) is 91.2 cm³/mol. The van der Waals surface area contributed by atoms with Gasteiger partial charge in [-0.15, -0.1) is 10.2 Å². The summed E-state index contributed by atoms with van der Waals surface area (Å²) in [7, 11) is 0. The number of benzene rings is 1. The highest BCUT2D eigenvalue weighted by molar-refractivity contribution is 6.22. The van der Waals surface area contributed by atoms with Crippen molar-refractivity contribution in [2.24, 2.45) is 0 Å². The van der Waals surface area contributed by atoms with Gasteiger partial charge in [-0.1, -0.05) is 18.2 Å². The number of imide groups is 1. The number of nitrogens with zero attached hydrogens (tertiary/aromatic N) is 4. The van der Waals surface area contributed by atoms with Gasteiger partial charge in [0, 0.05) is 6.20 Å². The molecule has 1 aromatic carbocycles. The minimum absolute atomic E-state index is 0.0260. The highest BCUT2D eigenvalue weighted by Gasteiger charge is 2.36. The molecule has 3 aromatic rings. The number of rotatable bonds is 5. The molecule has 0 unspecified atom stereocenters. The van der Waals surface area contributed by atoms with Gasteiger partial charge in [-0.05, 0) is 24.3 Å². The van der Waals surface area contributed by atoms with Crippen LogP contribution in [0.15, 0.2) is 53.1 Å². The topological polar surface area (TPSA) is 118 Å². The smallest absolute Gasteiger partial charge is 0.266 e. The average molecular weight is 363 g/mol. The maximum atomic E-state index is 12.3. The Morgan fingerprint density at radius 3 is 2.37 bits per heavy atom. The Balaban J connectivity index is 1.37. The third-order valence-electron chi connectivity index (χ3n) is 3.97. The van der Waals surface area contributed by atoms with E-state index in [1.165, 1.54) is 0 Å². The van der Waals surface area contributed by atoms with Gasteiger partial charge in [0.05, 0.1) is 17.7 Å². The first-order valence-electron chi connectivity index (χ1n) is 8.09. The van der Waals surface area contributed by atoms with Gasteiger partial charge in [0.15, 0.2) is 0 Å². The van der Waals surface area contributed by atoms with Crippen LogP contribution in [0.3, 0.4) is 0 Å². The van der Waals surface area contributed by atoms with Gasteiger partial charge < -0.3 is 9.73 Å². The first-order chi connectivity index (χ1) is 13.1. The maximum Gasteiger partial charge on any atom is 0.266 e. The van der Waals surface area contributed by atoms with Crippen LogP contribution in [0.25, 0.3) is 11.6 Å².